The van der Waals surface area contributed by atoms with Crippen LogP contribution in [-0.2, 0) is 0 Å². The summed E-state index contributed by atoms with van der Waals surface area (Å²) >= 11 is 0. The van der Waals surface area contributed by atoms with E-state index in [2.05, 4.69) is 6.92 Å². The molecule has 0 bridgehead atoms. The summed E-state index contributed by atoms with van der Waals surface area (Å²) in [5.41, 5.74) is 0. The molecule has 0 aromatic rings. The Kier molecular flexibility index (Phi) is 0.270. The van der Waals surface area contributed by atoms with Gasteiger partial charge in [0.05, 0.1) is 0 Å². The Morgan fingerprint density at radius 2 is 2.00 bits per heavy atom. The van der Waals surface area contributed by atoms with Gasteiger partial charge in [0.1, 0.15) is 0 Å². The summed E-state index contributed by atoms with van der Waals surface area (Å²) in [7, 11) is 0. The average Bonchev–Trinajstić information content (AvgIpc) is 1.75. The molecule has 26 valence electrons. The van der Waals surface area contributed by atoms with Crippen molar-refractivity contribution >= 4 is 0 Å². The molecule has 1 fully saturated rings. The van der Waals surface area contributed by atoms with Crippen molar-refractivity contribution in [3.8, 4) is 0 Å². The highest BCUT2D eigenvalue weighted by atomic mass is 14.2. The number of hydrogen-bond donors (Lipinski definition) is 0. The highest BCUT2D eigenvalue weighted by molar-refractivity contribution is 4.65. The fraction of sp³-hybridized carbons (Fsp3) is 1.00. The number of hydrogen-bond acceptors (Lipinski definition) is 0. The first-order chi connectivity index (χ1) is 1.89. The predicted molar refractivity (Wildman–Crippen MR) is 20.5 cm³/mol. The molecule has 1 aliphatic carbocycles. The summed E-state index contributed by atoms with van der Waals surface area (Å²) in [5, 5.41) is 0. The molecule has 4 heavy (non-hydrogen) atoms. The molecule has 0 heteroatoms. The van der Waals surface area contributed by atoms with Gasteiger partial charge in [-0.25, -0.2) is 0 Å². The van der Waals surface area contributed by atoms with Gasteiger partial charge < -0.3 is 0 Å². The highest BCUT2D eigenvalue weighted by Crippen LogP contribution is 2.26. The van der Waals surface area contributed by atoms with Crippen molar-refractivity contribution in [2.45, 2.75) is 19.8 Å². The van der Waals surface area contributed by atoms with Crippen molar-refractivity contribution in [2.24, 2.45) is 5.92 Å². The van der Waals surface area contributed by atoms with E-state index in [-0.39, 0.29) is 1.43 Å². The summed E-state index contributed by atoms with van der Waals surface area (Å²) < 4.78 is 0. The van der Waals surface area contributed by atoms with Crippen molar-refractivity contribution < 1.29 is 1.43 Å². The largest absolute Gasteiger partial charge is 0.0625 e. The Morgan fingerprint density at radius 3 is 2.00 bits per heavy atom. The van der Waals surface area contributed by atoms with Gasteiger partial charge in [0, 0.05) is 1.43 Å². The van der Waals surface area contributed by atoms with E-state index in [1.807, 2.05) is 0 Å². The molecule has 0 saturated heterocycles. The van der Waals surface area contributed by atoms with Crippen LogP contribution >= 0.6 is 0 Å². The maximum atomic E-state index is 2.28. The summed E-state index contributed by atoms with van der Waals surface area (Å²) in [4.78, 5) is 0. The fourth-order valence-corrected chi connectivity index (χ4v) is 0.167. The first kappa shape index (κ1) is 2.25. The van der Waals surface area contributed by atoms with Gasteiger partial charge in [-0.3, -0.25) is 0 Å². The molecule has 1 aliphatic rings. The van der Waals surface area contributed by atoms with Crippen LogP contribution in [0.5, 0.6) is 0 Å². The maximum Gasteiger partial charge on any atom is 0 e. The average molecular weight is 58.1 g/mol. The molecular weight excluding hydrogens is 48.0 g/mol. The fourth-order valence-electron chi connectivity index (χ4n) is 0.167. The van der Waals surface area contributed by atoms with Crippen LogP contribution in [0.1, 0.15) is 21.2 Å². The molecule has 0 nitrogen and oxygen atoms in total. The zero-order chi connectivity index (χ0) is 2.99. The molecule has 0 atom stereocenters. The Balaban J connectivity index is 0.000000160. The third-order valence-corrected chi connectivity index (χ3v) is 0.866. The van der Waals surface area contributed by atoms with Crippen LogP contribution < -0.4 is 0 Å². The summed E-state index contributed by atoms with van der Waals surface area (Å²) in [5.74, 6) is 1.08. The molecule has 0 spiro atoms. The molecule has 1 saturated carbocycles. The first-order valence-corrected chi connectivity index (χ1v) is 1.89. The quantitative estimate of drug-likeness (QED) is 0.397. The predicted octanol–water partition coefficient (Wildman–Crippen LogP) is 1.66. The van der Waals surface area contributed by atoms with Gasteiger partial charge in [-0.1, -0.05) is 19.8 Å². The maximum absolute atomic E-state index is 2.28. The molecule has 0 aliphatic heterocycles. The molecule has 0 amide bonds. The van der Waals surface area contributed by atoms with Crippen LogP contribution in [0.2, 0.25) is 0 Å². The second-order valence-corrected chi connectivity index (χ2v) is 1.68. The van der Waals surface area contributed by atoms with Gasteiger partial charge in [-0.15, -0.1) is 0 Å². The van der Waals surface area contributed by atoms with E-state index in [1.165, 1.54) is 12.8 Å². The standard InChI is InChI=1S/C4H8.H2/c1-4-2-3-4;/h4H,2-3H2,1H3;1H. The molecule has 1 rings (SSSR count). The van der Waals surface area contributed by atoms with Crippen LogP contribution in [0.25, 0.3) is 0 Å². The van der Waals surface area contributed by atoms with E-state index in [4.69, 9.17) is 0 Å². The molecule has 0 heterocycles. The Hall–Kier alpha value is 0. The van der Waals surface area contributed by atoms with Gasteiger partial charge in [0.15, 0.2) is 0 Å². The van der Waals surface area contributed by atoms with Gasteiger partial charge in [-0.05, 0) is 5.92 Å². The van der Waals surface area contributed by atoms with Crippen LogP contribution in [0.15, 0.2) is 0 Å². The monoisotopic (exact) mass is 58.1 g/mol. The number of rotatable bonds is 0. The molecule has 0 unspecified atom stereocenters. The van der Waals surface area contributed by atoms with Crippen molar-refractivity contribution in [1.82, 2.24) is 0 Å². The van der Waals surface area contributed by atoms with Crippen molar-refractivity contribution in [1.29, 1.82) is 0 Å². The Morgan fingerprint density at radius 1 is 1.75 bits per heavy atom. The second-order valence-electron chi connectivity index (χ2n) is 1.68. The van der Waals surface area contributed by atoms with Crippen LogP contribution in [0, 0.1) is 5.92 Å². The lowest BCUT2D eigenvalue weighted by Crippen LogP contribution is -1.42. The minimum absolute atomic E-state index is 0. The Bertz CT molecular complexity index is 22.8. The van der Waals surface area contributed by atoms with E-state index in [1.54, 1.807) is 0 Å². The highest BCUT2D eigenvalue weighted by Gasteiger charge is 2.12. The topological polar surface area (TPSA) is 0 Å². The molecular formula is C4H10. The van der Waals surface area contributed by atoms with E-state index in [0.717, 1.165) is 5.92 Å². The smallest absolute Gasteiger partial charge is 0 e. The van der Waals surface area contributed by atoms with Gasteiger partial charge >= 0.3 is 0 Å². The van der Waals surface area contributed by atoms with E-state index >= 15 is 0 Å². The van der Waals surface area contributed by atoms with Gasteiger partial charge in [-0.2, -0.15) is 0 Å². The first-order valence-electron chi connectivity index (χ1n) is 1.89. The third kappa shape index (κ3) is 0.222. The second kappa shape index (κ2) is 0.480. The van der Waals surface area contributed by atoms with Crippen LogP contribution in [-0.4, -0.2) is 0 Å². The molecule has 0 aromatic carbocycles. The minimum Gasteiger partial charge on any atom is -0.0625 e. The normalized spacial score (nSPS) is 26.2. The zero-order valence-corrected chi connectivity index (χ0v) is 2.99. The SMILES string of the molecule is CC1CC1.[HH]. The lowest BCUT2D eigenvalue weighted by atomic mass is 10.5. The zero-order valence-electron chi connectivity index (χ0n) is 2.99. The lowest BCUT2D eigenvalue weighted by molar-refractivity contribution is 0.983. The van der Waals surface area contributed by atoms with Crippen LogP contribution in [0.4, 0.5) is 0 Å². The van der Waals surface area contributed by atoms with Gasteiger partial charge in [0.2, 0.25) is 0 Å². The minimum atomic E-state index is 0. The third-order valence-electron chi connectivity index (χ3n) is 0.866. The molecule has 0 aromatic heterocycles. The summed E-state index contributed by atoms with van der Waals surface area (Å²) in [6, 6.07) is 0. The van der Waals surface area contributed by atoms with E-state index in [9.17, 15) is 0 Å². The van der Waals surface area contributed by atoms with Crippen molar-refractivity contribution in [2.75, 3.05) is 0 Å². The molecule has 0 N–H and O–H groups in total. The summed E-state index contributed by atoms with van der Waals surface area (Å²) in [6.45, 7) is 2.28. The molecule has 0 radical (unpaired) electrons. The Labute approximate surface area is 28.3 Å². The van der Waals surface area contributed by atoms with Gasteiger partial charge in [0.25, 0.3) is 0 Å². The summed E-state index contributed by atoms with van der Waals surface area (Å²) in [6.07, 6.45) is 2.97. The lowest BCUT2D eigenvalue weighted by Gasteiger charge is -1.53. The van der Waals surface area contributed by atoms with E-state index in [0.29, 0.717) is 0 Å². The van der Waals surface area contributed by atoms with Crippen molar-refractivity contribution in [3.05, 3.63) is 0 Å². The van der Waals surface area contributed by atoms with E-state index < -0.39 is 0 Å². The van der Waals surface area contributed by atoms with Crippen molar-refractivity contribution in [3.63, 3.8) is 0 Å². The van der Waals surface area contributed by atoms with Crippen LogP contribution in [0.3, 0.4) is 0 Å².